The van der Waals surface area contributed by atoms with E-state index in [2.05, 4.69) is 25.6 Å². The number of aromatic nitrogens is 4. The van der Waals surface area contributed by atoms with Gasteiger partial charge in [-0.05, 0) is 18.1 Å². The van der Waals surface area contributed by atoms with Crippen molar-refractivity contribution in [1.29, 1.82) is 0 Å². The maximum atomic E-state index is 12.4. The van der Waals surface area contributed by atoms with Gasteiger partial charge in [-0.25, -0.2) is 9.97 Å². The minimum absolute atomic E-state index is 0.125. The first-order chi connectivity index (χ1) is 13.0. The number of aryl methyl sites for hydroxylation is 1. The maximum Gasteiger partial charge on any atom is 0.271 e. The van der Waals surface area contributed by atoms with Crippen molar-refractivity contribution in [2.24, 2.45) is 13.0 Å². The number of nitrogens with one attached hydrogen (secondary N) is 2. The van der Waals surface area contributed by atoms with Crippen molar-refractivity contribution in [3.8, 4) is 0 Å². The lowest BCUT2D eigenvalue weighted by molar-refractivity contribution is -0.121. The quantitative estimate of drug-likeness (QED) is 0.690. The topological polar surface area (TPSA) is 102 Å². The zero-order valence-electron chi connectivity index (χ0n) is 15.5. The van der Waals surface area contributed by atoms with Crippen LogP contribution in [0.3, 0.4) is 0 Å². The normalized spacial score (nSPS) is 12.1. The zero-order chi connectivity index (χ0) is 19.4. The van der Waals surface area contributed by atoms with Crippen LogP contribution in [-0.2, 0) is 11.8 Å². The molecule has 140 valence electrons. The molecule has 1 unspecified atom stereocenters. The lowest BCUT2D eigenvalue weighted by atomic mass is 10.0. The number of para-hydroxylation sites is 2. The molecular formula is C19H22N6O2. The number of rotatable bonds is 6. The molecule has 1 aromatic carbocycles. The van der Waals surface area contributed by atoms with Crippen LogP contribution < -0.4 is 10.6 Å². The van der Waals surface area contributed by atoms with Gasteiger partial charge in [0, 0.05) is 19.4 Å². The summed E-state index contributed by atoms with van der Waals surface area (Å²) in [4.78, 5) is 36.8. The minimum Gasteiger partial charge on any atom is -0.344 e. The highest BCUT2D eigenvalue weighted by Crippen LogP contribution is 2.24. The lowest BCUT2D eigenvalue weighted by Crippen LogP contribution is -2.41. The number of hydrogen-bond acceptors (Lipinski definition) is 5. The Kier molecular flexibility index (Phi) is 5.44. The molecule has 2 N–H and O–H groups in total. The number of carbonyl (C=O) groups excluding carboxylic acids is 2. The van der Waals surface area contributed by atoms with Crippen molar-refractivity contribution in [3.05, 3.63) is 54.4 Å². The lowest BCUT2D eigenvalue weighted by Gasteiger charge is -2.22. The van der Waals surface area contributed by atoms with E-state index in [4.69, 9.17) is 0 Å². The third kappa shape index (κ3) is 4.11. The van der Waals surface area contributed by atoms with Gasteiger partial charge in [0.25, 0.3) is 5.91 Å². The van der Waals surface area contributed by atoms with Crippen LogP contribution in [0.25, 0.3) is 11.0 Å². The van der Waals surface area contributed by atoms with E-state index in [9.17, 15) is 9.59 Å². The molecule has 27 heavy (non-hydrogen) atoms. The molecule has 2 aromatic heterocycles. The Morgan fingerprint density at radius 2 is 1.96 bits per heavy atom. The molecule has 0 saturated heterocycles. The number of benzene rings is 1. The second-order valence-corrected chi connectivity index (χ2v) is 6.58. The highest BCUT2D eigenvalue weighted by atomic mass is 16.2. The Balaban J connectivity index is 1.69. The first kappa shape index (κ1) is 18.5. The van der Waals surface area contributed by atoms with Crippen LogP contribution in [0.5, 0.6) is 0 Å². The van der Waals surface area contributed by atoms with E-state index < -0.39 is 5.91 Å². The molecule has 2 heterocycles. The van der Waals surface area contributed by atoms with Crippen LogP contribution in [0.2, 0.25) is 0 Å². The van der Waals surface area contributed by atoms with Crippen LogP contribution >= 0.6 is 0 Å². The number of imidazole rings is 1. The van der Waals surface area contributed by atoms with Crippen molar-refractivity contribution in [2.45, 2.75) is 19.9 Å². The van der Waals surface area contributed by atoms with Gasteiger partial charge in [-0.1, -0.05) is 26.0 Å². The zero-order valence-corrected chi connectivity index (χ0v) is 15.5. The first-order valence-electron chi connectivity index (χ1n) is 8.72. The monoisotopic (exact) mass is 366 g/mol. The molecule has 2 amide bonds. The number of nitrogens with zero attached hydrogens (tertiary/aromatic N) is 4. The number of carbonyl (C=O) groups is 2. The second kappa shape index (κ2) is 7.94. The van der Waals surface area contributed by atoms with Gasteiger partial charge in [0.1, 0.15) is 11.5 Å². The van der Waals surface area contributed by atoms with E-state index >= 15 is 0 Å². The Morgan fingerprint density at radius 3 is 2.63 bits per heavy atom. The minimum atomic E-state index is -0.443. The van der Waals surface area contributed by atoms with Crippen molar-refractivity contribution >= 4 is 22.8 Å². The van der Waals surface area contributed by atoms with Gasteiger partial charge in [-0.3, -0.25) is 14.6 Å². The Bertz CT molecular complexity index is 951. The molecule has 0 saturated carbocycles. The van der Waals surface area contributed by atoms with E-state index in [1.54, 1.807) is 0 Å². The molecule has 0 aliphatic rings. The van der Waals surface area contributed by atoms with Crippen molar-refractivity contribution < 1.29 is 9.59 Å². The molecule has 0 radical (unpaired) electrons. The highest BCUT2D eigenvalue weighted by molar-refractivity contribution is 5.94. The summed E-state index contributed by atoms with van der Waals surface area (Å²) in [7, 11) is 1.93. The average molecular weight is 366 g/mol. The molecule has 0 aliphatic heterocycles. The summed E-state index contributed by atoms with van der Waals surface area (Å²) in [6.45, 7) is 3.88. The smallest absolute Gasteiger partial charge is 0.271 e. The SMILES string of the molecule is CC(C)C(NC(=O)CNC(=O)c1cnccn1)c1nc2ccccc2n1C. The van der Waals surface area contributed by atoms with E-state index in [1.807, 2.05) is 49.7 Å². The predicted molar refractivity (Wildman–Crippen MR) is 101 cm³/mol. The molecule has 1 atom stereocenters. The summed E-state index contributed by atoms with van der Waals surface area (Å²) in [5.74, 6) is 0.167. The Hall–Kier alpha value is -3.29. The molecule has 3 rings (SSSR count). The third-order valence-electron chi connectivity index (χ3n) is 4.29. The predicted octanol–water partition coefficient (Wildman–Crippen LogP) is 1.61. The summed E-state index contributed by atoms with van der Waals surface area (Å²) >= 11 is 0. The molecule has 8 nitrogen and oxygen atoms in total. The van der Waals surface area contributed by atoms with Gasteiger partial charge in [0.2, 0.25) is 5.91 Å². The van der Waals surface area contributed by atoms with Crippen LogP contribution in [0.4, 0.5) is 0 Å². The van der Waals surface area contributed by atoms with Gasteiger partial charge >= 0.3 is 0 Å². The fraction of sp³-hybridized carbons (Fsp3) is 0.316. The average Bonchev–Trinajstić information content (AvgIpc) is 3.01. The molecule has 8 heteroatoms. The van der Waals surface area contributed by atoms with E-state index in [0.717, 1.165) is 16.9 Å². The number of fused-ring (bicyclic) bond motifs is 1. The third-order valence-corrected chi connectivity index (χ3v) is 4.29. The summed E-state index contributed by atoms with van der Waals surface area (Å²) in [5.41, 5.74) is 2.05. The summed E-state index contributed by atoms with van der Waals surface area (Å²) < 4.78 is 1.98. The van der Waals surface area contributed by atoms with Gasteiger partial charge in [-0.2, -0.15) is 0 Å². The van der Waals surface area contributed by atoms with E-state index in [0.29, 0.717) is 0 Å². The largest absolute Gasteiger partial charge is 0.344 e. The standard InChI is InChI=1S/C19H22N6O2/c1-12(2)17(18-23-13-6-4-5-7-15(13)25(18)3)24-16(26)11-22-19(27)14-10-20-8-9-21-14/h4-10,12,17H,11H2,1-3H3,(H,22,27)(H,24,26). The van der Waals surface area contributed by atoms with Gasteiger partial charge < -0.3 is 15.2 Å². The van der Waals surface area contributed by atoms with E-state index in [1.165, 1.54) is 18.6 Å². The first-order valence-corrected chi connectivity index (χ1v) is 8.72. The second-order valence-electron chi connectivity index (χ2n) is 6.58. The fourth-order valence-electron chi connectivity index (χ4n) is 2.86. The molecular weight excluding hydrogens is 344 g/mol. The van der Waals surface area contributed by atoms with Gasteiger partial charge in [0.05, 0.1) is 29.8 Å². The highest BCUT2D eigenvalue weighted by Gasteiger charge is 2.24. The molecule has 0 fully saturated rings. The fourth-order valence-corrected chi connectivity index (χ4v) is 2.86. The van der Waals surface area contributed by atoms with Crippen molar-refractivity contribution in [3.63, 3.8) is 0 Å². The Labute approximate surface area is 157 Å². The van der Waals surface area contributed by atoms with Crippen LogP contribution in [0.1, 0.15) is 36.2 Å². The molecule has 3 aromatic rings. The summed E-state index contributed by atoms with van der Waals surface area (Å²) in [6, 6.07) is 7.55. The number of amides is 2. The van der Waals surface area contributed by atoms with Crippen LogP contribution in [-0.4, -0.2) is 37.9 Å². The van der Waals surface area contributed by atoms with E-state index in [-0.39, 0.29) is 30.1 Å². The molecule has 0 spiro atoms. The van der Waals surface area contributed by atoms with Crippen LogP contribution in [0, 0.1) is 5.92 Å². The number of hydrogen-bond donors (Lipinski definition) is 2. The molecule has 0 bridgehead atoms. The van der Waals surface area contributed by atoms with Gasteiger partial charge in [0.15, 0.2) is 0 Å². The van der Waals surface area contributed by atoms with Gasteiger partial charge in [-0.15, -0.1) is 0 Å². The summed E-state index contributed by atoms with van der Waals surface area (Å²) in [5, 5.41) is 5.52. The van der Waals surface area contributed by atoms with Crippen molar-refractivity contribution in [1.82, 2.24) is 30.2 Å². The molecule has 0 aliphatic carbocycles. The van der Waals surface area contributed by atoms with Crippen molar-refractivity contribution in [2.75, 3.05) is 6.54 Å². The maximum absolute atomic E-state index is 12.4. The van der Waals surface area contributed by atoms with Crippen LogP contribution in [0.15, 0.2) is 42.9 Å². The Morgan fingerprint density at radius 1 is 1.19 bits per heavy atom. The summed E-state index contributed by atoms with van der Waals surface area (Å²) in [6.07, 6.45) is 4.26.